The van der Waals surface area contributed by atoms with Crippen LogP contribution in [0.1, 0.15) is 22.5 Å². The summed E-state index contributed by atoms with van der Waals surface area (Å²) in [6, 6.07) is 15.0. The highest BCUT2D eigenvalue weighted by Crippen LogP contribution is 2.32. The maximum atomic E-state index is 4.80. The summed E-state index contributed by atoms with van der Waals surface area (Å²) >= 11 is 0. The SMILES string of the molecule is Cc1ccc(C)c(-n2cc3c(c(C)nc4ccccc43)c2C)c1. The first-order valence-corrected chi connectivity index (χ1v) is 8.01. The molecule has 0 saturated heterocycles. The largest absolute Gasteiger partial charge is 0.320 e. The van der Waals surface area contributed by atoms with Crippen molar-refractivity contribution in [3.8, 4) is 5.69 Å². The summed E-state index contributed by atoms with van der Waals surface area (Å²) < 4.78 is 2.31. The highest BCUT2D eigenvalue weighted by Gasteiger charge is 2.14. The number of nitrogens with zero attached hydrogens (tertiary/aromatic N) is 2. The predicted molar refractivity (Wildman–Crippen MR) is 97.5 cm³/mol. The first kappa shape index (κ1) is 14.0. The smallest absolute Gasteiger partial charge is 0.0712 e. The molecule has 114 valence electrons. The molecular formula is C21H20N2. The molecule has 0 amide bonds. The molecule has 0 spiro atoms. The van der Waals surface area contributed by atoms with E-state index in [0.717, 1.165) is 11.2 Å². The zero-order chi connectivity index (χ0) is 16.1. The van der Waals surface area contributed by atoms with Gasteiger partial charge in [0.05, 0.1) is 5.52 Å². The first-order chi connectivity index (χ1) is 11.1. The summed E-state index contributed by atoms with van der Waals surface area (Å²) in [5, 5.41) is 3.77. The van der Waals surface area contributed by atoms with Gasteiger partial charge < -0.3 is 4.57 Å². The second kappa shape index (κ2) is 4.95. The molecule has 0 bridgehead atoms. The molecule has 0 aliphatic carbocycles. The number of aromatic nitrogens is 2. The molecule has 0 atom stereocenters. The Bertz CT molecular complexity index is 1050. The lowest BCUT2D eigenvalue weighted by Gasteiger charge is -2.11. The van der Waals surface area contributed by atoms with Gasteiger partial charge >= 0.3 is 0 Å². The quantitative estimate of drug-likeness (QED) is 0.459. The highest BCUT2D eigenvalue weighted by atomic mass is 15.0. The Kier molecular flexibility index (Phi) is 3.02. The minimum atomic E-state index is 1.07. The van der Waals surface area contributed by atoms with Crippen LogP contribution in [0.25, 0.3) is 27.4 Å². The maximum absolute atomic E-state index is 4.80. The fraction of sp³-hybridized carbons (Fsp3) is 0.190. The summed E-state index contributed by atoms with van der Waals surface area (Å²) in [7, 11) is 0. The fourth-order valence-corrected chi connectivity index (χ4v) is 3.53. The molecule has 2 heteroatoms. The number of para-hydroxylation sites is 1. The lowest BCUT2D eigenvalue weighted by Crippen LogP contribution is -1.98. The van der Waals surface area contributed by atoms with Crippen LogP contribution in [-0.4, -0.2) is 9.55 Å². The molecule has 0 fully saturated rings. The third kappa shape index (κ3) is 2.06. The van der Waals surface area contributed by atoms with Crippen molar-refractivity contribution in [3.63, 3.8) is 0 Å². The van der Waals surface area contributed by atoms with Gasteiger partial charge in [-0.2, -0.15) is 0 Å². The van der Waals surface area contributed by atoms with E-state index in [1.54, 1.807) is 0 Å². The monoisotopic (exact) mass is 300 g/mol. The molecule has 0 aliphatic heterocycles. The van der Waals surface area contributed by atoms with E-state index in [0.29, 0.717) is 0 Å². The van der Waals surface area contributed by atoms with Crippen LogP contribution in [0.4, 0.5) is 0 Å². The summed E-state index contributed by atoms with van der Waals surface area (Å²) in [6.07, 6.45) is 2.27. The van der Waals surface area contributed by atoms with Gasteiger partial charge in [-0.15, -0.1) is 0 Å². The molecule has 0 unspecified atom stereocenters. The Hall–Kier alpha value is -2.61. The molecule has 0 saturated carbocycles. The van der Waals surface area contributed by atoms with Crippen molar-refractivity contribution in [2.45, 2.75) is 27.7 Å². The molecule has 2 heterocycles. The average molecular weight is 300 g/mol. The molecule has 2 nitrogen and oxygen atoms in total. The molecule has 0 N–H and O–H groups in total. The molecule has 2 aromatic heterocycles. The van der Waals surface area contributed by atoms with E-state index in [1.807, 2.05) is 0 Å². The van der Waals surface area contributed by atoms with Gasteiger partial charge in [0, 0.05) is 39.4 Å². The number of hydrogen-bond acceptors (Lipinski definition) is 1. The predicted octanol–water partition coefficient (Wildman–Crippen LogP) is 5.41. The summed E-state index contributed by atoms with van der Waals surface area (Å²) in [5.74, 6) is 0. The van der Waals surface area contributed by atoms with E-state index in [9.17, 15) is 0 Å². The second-order valence-corrected chi connectivity index (χ2v) is 6.38. The Labute approximate surface area is 136 Å². The fourth-order valence-electron chi connectivity index (χ4n) is 3.53. The van der Waals surface area contributed by atoms with Crippen LogP contribution in [0, 0.1) is 27.7 Å². The number of benzene rings is 2. The zero-order valence-electron chi connectivity index (χ0n) is 14.0. The van der Waals surface area contributed by atoms with Crippen LogP contribution in [0.3, 0.4) is 0 Å². The van der Waals surface area contributed by atoms with Crippen LogP contribution < -0.4 is 0 Å². The molecule has 23 heavy (non-hydrogen) atoms. The number of pyridine rings is 1. The van der Waals surface area contributed by atoms with Crippen molar-refractivity contribution in [1.29, 1.82) is 0 Å². The number of rotatable bonds is 1. The minimum absolute atomic E-state index is 1.07. The van der Waals surface area contributed by atoms with Gasteiger partial charge in [0.15, 0.2) is 0 Å². The Morgan fingerprint density at radius 1 is 0.870 bits per heavy atom. The topological polar surface area (TPSA) is 17.8 Å². The summed E-state index contributed by atoms with van der Waals surface area (Å²) in [5.41, 5.74) is 7.24. The van der Waals surface area contributed by atoms with Crippen molar-refractivity contribution in [2.75, 3.05) is 0 Å². The van der Waals surface area contributed by atoms with Crippen LogP contribution in [-0.2, 0) is 0 Å². The standard InChI is InChI=1S/C21H20N2/c1-13-9-10-14(2)20(11-13)23-12-18-17-7-5-6-8-19(17)22-15(3)21(18)16(23)4/h5-12H,1-4H3. The Balaban J connectivity index is 2.14. The lowest BCUT2D eigenvalue weighted by molar-refractivity contribution is 1.00. The van der Waals surface area contributed by atoms with Gasteiger partial charge in [0.1, 0.15) is 0 Å². The van der Waals surface area contributed by atoms with E-state index in [-0.39, 0.29) is 0 Å². The third-order valence-corrected chi connectivity index (χ3v) is 4.72. The minimum Gasteiger partial charge on any atom is -0.320 e. The molecule has 0 aliphatic rings. The molecule has 0 radical (unpaired) electrons. The van der Waals surface area contributed by atoms with Gasteiger partial charge in [-0.05, 0) is 51.0 Å². The van der Waals surface area contributed by atoms with E-state index in [4.69, 9.17) is 4.98 Å². The highest BCUT2D eigenvalue weighted by molar-refractivity contribution is 6.08. The number of fused-ring (bicyclic) bond motifs is 3. The van der Waals surface area contributed by atoms with Gasteiger partial charge in [-0.25, -0.2) is 0 Å². The van der Waals surface area contributed by atoms with E-state index in [1.165, 1.54) is 38.7 Å². The van der Waals surface area contributed by atoms with Gasteiger partial charge in [0.25, 0.3) is 0 Å². The maximum Gasteiger partial charge on any atom is 0.0712 e. The lowest BCUT2D eigenvalue weighted by atomic mass is 10.1. The average Bonchev–Trinajstić information content (AvgIpc) is 2.88. The normalized spacial score (nSPS) is 11.5. The van der Waals surface area contributed by atoms with E-state index < -0.39 is 0 Å². The van der Waals surface area contributed by atoms with Gasteiger partial charge in [-0.1, -0.05) is 30.3 Å². The Morgan fingerprint density at radius 2 is 1.65 bits per heavy atom. The third-order valence-electron chi connectivity index (χ3n) is 4.72. The second-order valence-electron chi connectivity index (χ2n) is 6.38. The van der Waals surface area contributed by atoms with Crippen molar-refractivity contribution in [2.24, 2.45) is 0 Å². The molecule has 2 aromatic carbocycles. The molecular weight excluding hydrogens is 280 g/mol. The van der Waals surface area contributed by atoms with Gasteiger partial charge in [-0.3, -0.25) is 4.98 Å². The van der Waals surface area contributed by atoms with Gasteiger partial charge in [0.2, 0.25) is 0 Å². The first-order valence-electron chi connectivity index (χ1n) is 8.01. The van der Waals surface area contributed by atoms with Crippen LogP contribution in [0.2, 0.25) is 0 Å². The van der Waals surface area contributed by atoms with Crippen molar-refractivity contribution < 1.29 is 0 Å². The number of aryl methyl sites for hydroxylation is 4. The Morgan fingerprint density at radius 3 is 2.48 bits per heavy atom. The van der Waals surface area contributed by atoms with Crippen molar-refractivity contribution in [3.05, 3.63) is 71.2 Å². The molecule has 4 aromatic rings. The van der Waals surface area contributed by atoms with Crippen LogP contribution >= 0.6 is 0 Å². The number of hydrogen-bond donors (Lipinski definition) is 0. The summed E-state index contributed by atoms with van der Waals surface area (Å²) in [6.45, 7) is 8.61. The van der Waals surface area contributed by atoms with Crippen LogP contribution in [0.15, 0.2) is 48.7 Å². The van der Waals surface area contributed by atoms with Crippen LogP contribution in [0.5, 0.6) is 0 Å². The van der Waals surface area contributed by atoms with Crippen molar-refractivity contribution in [1.82, 2.24) is 9.55 Å². The zero-order valence-corrected chi connectivity index (χ0v) is 14.0. The van der Waals surface area contributed by atoms with E-state index >= 15 is 0 Å². The van der Waals surface area contributed by atoms with Crippen molar-refractivity contribution >= 4 is 21.7 Å². The van der Waals surface area contributed by atoms with E-state index in [2.05, 4.69) is 80.9 Å². The summed E-state index contributed by atoms with van der Waals surface area (Å²) in [4.78, 5) is 4.80. The molecule has 4 rings (SSSR count).